The van der Waals surface area contributed by atoms with Crippen molar-refractivity contribution in [3.8, 4) is 11.1 Å². The van der Waals surface area contributed by atoms with Crippen molar-refractivity contribution in [2.75, 3.05) is 20.3 Å². The van der Waals surface area contributed by atoms with Crippen LogP contribution in [-0.4, -0.2) is 58.3 Å². The number of rotatable bonds is 4. The summed E-state index contributed by atoms with van der Waals surface area (Å²) in [6.07, 6.45) is 4.95. The van der Waals surface area contributed by atoms with E-state index >= 15 is 0 Å². The lowest BCUT2D eigenvalue weighted by Gasteiger charge is -2.23. The Bertz CT molecular complexity index is 726. The molecule has 1 fully saturated rings. The fraction of sp³-hybridized carbons (Fsp3) is 0.353. The third-order valence-corrected chi connectivity index (χ3v) is 4.27. The number of carbonyl (C=O) groups is 1. The number of ether oxygens (including phenoxy) is 1. The van der Waals surface area contributed by atoms with Crippen LogP contribution >= 0.6 is 0 Å². The molecule has 1 aliphatic rings. The van der Waals surface area contributed by atoms with Gasteiger partial charge < -0.3 is 14.7 Å². The molecule has 1 aromatic heterocycles. The number of halogens is 1. The van der Waals surface area contributed by atoms with Crippen molar-refractivity contribution in [1.82, 2.24) is 14.9 Å². The van der Waals surface area contributed by atoms with E-state index in [2.05, 4.69) is 9.97 Å². The van der Waals surface area contributed by atoms with Crippen molar-refractivity contribution in [2.45, 2.75) is 18.6 Å². The normalized spacial score (nSPS) is 20.4. The molecule has 0 unspecified atom stereocenters. The first-order valence-corrected chi connectivity index (χ1v) is 7.63. The van der Waals surface area contributed by atoms with Gasteiger partial charge in [-0.25, -0.2) is 14.4 Å². The summed E-state index contributed by atoms with van der Waals surface area (Å²) in [7, 11) is 1.56. The second-order valence-corrected chi connectivity index (χ2v) is 5.71. The first-order valence-electron chi connectivity index (χ1n) is 7.63. The molecule has 7 heteroatoms. The van der Waals surface area contributed by atoms with Gasteiger partial charge in [0, 0.05) is 31.6 Å². The van der Waals surface area contributed by atoms with Crippen LogP contribution < -0.4 is 0 Å². The Hall–Kier alpha value is -2.38. The lowest BCUT2D eigenvalue weighted by Crippen LogP contribution is -2.38. The van der Waals surface area contributed by atoms with Crippen molar-refractivity contribution < 1.29 is 19.0 Å². The summed E-state index contributed by atoms with van der Waals surface area (Å²) in [4.78, 5) is 21.9. The Kier molecular flexibility index (Phi) is 4.82. The Labute approximate surface area is 138 Å². The van der Waals surface area contributed by atoms with Crippen LogP contribution in [0.1, 0.15) is 16.8 Å². The minimum absolute atomic E-state index is 0.0224. The molecule has 24 heavy (non-hydrogen) atoms. The van der Waals surface area contributed by atoms with Gasteiger partial charge in [0.05, 0.1) is 24.3 Å². The van der Waals surface area contributed by atoms with Gasteiger partial charge in [0.15, 0.2) is 0 Å². The van der Waals surface area contributed by atoms with Crippen LogP contribution in [0.4, 0.5) is 4.39 Å². The maximum absolute atomic E-state index is 14.5. The first-order chi connectivity index (χ1) is 11.6. The number of aliphatic hydroxyl groups excluding tert-OH is 1. The van der Waals surface area contributed by atoms with E-state index < -0.39 is 11.7 Å². The predicted molar refractivity (Wildman–Crippen MR) is 84.8 cm³/mol. The zero-order valence-electron chi connectivity index (χ0n) is 13.2. The minimum atomic E-state index is -0.612. The number of amides is 1. The van der Waals surface area contributed by atoms with E-state index in [9.17, 15) is 14.3 Å². The molecular weight excluding hydrogens is 313 g/mol. The van der Waals surface area contributed by atoms with E-state index in [1.807, 2.05) is 0 Å². The summed E-state index contributed by atoms with van der Waals surface area (Å²) in [6.45, 7) is 0.168. The Balaban J connectivity index is 1.86. The molecule has 1 amide bonds. The lowest BCUT2D eigenvalue weighted by molar-refractivity contribution is 0.0643. The molecule has 0 spiro atoms. The topological polar surface area (TPSA) is 75.6 Å². The van der Waals surface area contributed by atoms with Crippen LogP contribution in [-0.2, 0) is 4.74 Å². The molecule has 1 saturated heterocycles. The highest BCUT2D eigenvalue weighted by molar-refractivity contribution is 5.95. The van der Waals surface area contributed by atoms with E-state index in [1.54, 1.807) is 25.6 Å². The molecule has 1 aromatic carbocycles. The number of benzene rings is 1. The van der Waals surface area contributed by atoms with Crippen molar-refractivity contribution in [2.24, 2.45) is 0 Å². The van der Waals surface area contributed by atoms with Gasteiger partial charge in [0.2, 0.25) is 0 Å². The zero-order chi connectivity index (χ0) is 17.1. The van der Waals surface area contributed by atoms with Gasteiger partial charge >= 0.3 is 0 Å². The third kappa shape index (κ3) is 3.13. The standard InChI is InChI=1S/C17H18FN3O3/c1-24-14-5-13(9-22)21(8-14)17(23)15-3-2-11(4-16(15)18)12-6-19-10-20-7-12/h2-4,6-7,10,13-14,22H,5,8-9H2,1H3/t13-,14+/m0/s1. The zero-order valence-corrected chi connectivity index (χ0v) is 13.2. The predicted octanol–water partition coefficient (Wildman–Crippen LogP) is 1.50. The Morgan fingerprint density at radius 3 is 2.75 bits per heavy atom. The van der Waals surface area contributed by atoms with Crippen LogP contribution in [0, 0.1) is 5.82 Å². The van der Waals surface area contributed by atoms with Crippen LogP contribution in [0.5, 0.6) is 0 Å². The second kappa shape index (κ2) is 7.02. The molecule has 3 rings (SSSR count). The second-order valence-electron chi connectivity index (χ2n) is 5.71. The van der Waals surface area contributed by atoms with Gasteiger partial charge in [-0.05, 0) is 24.1 Å². The van der Waals surface area contributed by atoms with Crippen molar-refractivity contribution in [1.29, 1.82) is 0 Å². The summed E-state index contributed by atoms with van der Waals surface area (Å²) in [5.74, 6) is -1.05. The van der Waals surface area contributed by atoms with Crippen LogP contribution in [0.25, 0.3) is 11.1 Å². The quantitative estimate of drug-likeness (QED) is 0.919. The van der Waals surface area contributed by atoms with E-state index in [0.29, 0.717) is 24.1 Å². The molecule has 1 aliphatic heterocycles. The maximum Gasteiger partial charge on any atom is 0.257 e. The monoisotopic (exact) mass is 331 g/mol. The highest BCUT2D eigenvalue weighted by Gasteiger charge is 2.36. The highest BCUT2D eigenvalue weighted by atomic mass is 19.1. The average molecular weight is 331 g/mol. The first kappa shape index (κ1) is 16.5. The van der Waals surface area contributed by atoms with E-state index in [4.69, 9.17) is 4.74 Å². The molecule has 6 nitrogen and oxygen atoms in total. The van der Waals surface area contributed by atoms with E-state index in [-0.39, 0.29) is 24.3 Å². The van der Waals surface area contributed by atoms with Crippen LogP contribution in [0.2, 0.25) is 0 Å². The smallest absolute Gasteiger partial charge is 0.257 e. The molecule has 2 aromatic rings. The number of hydrogen-bond acceptors (Lipinski definition) is 5. The average Bonchev–Trinajstić information content (AvgIpc) is 3.05. The van der Waals surface area contributed by atoms with Crippen LogP contribution in [0.3, 0.4) is 0 Å². The van der Waals surface area contributed by atoms with Gasteiger partial charge in [0.25, 0.3) is 5.91 Å². The lowest BCUT2D eigenvalue weighted by atomic mass is 10.1. The summed E-state index contributed by atoms with van der Waals surface area (Å²) in [6, 6.07) is 4.05. The Morgan fingerprint density at radius 1 is 1.38 bits per heavy atom. The van der Waals surface area contributed by atoms with Gasteiger partial charge in [0.1, 0.15) is 12.1 Å². The third-order valence-electron chi connectivity index (χ3n) is 4.27. The van der Waals surface area contributed by atoms with Crippen molar-refractivity contribution in [3.63, 3.8) is 0 Å². The molecule has 1 N–H and O–H groups in total. The van der Waals surface area contributed by atoms with Gasteiger partial charge in [-0.2, -0.15) is 0 Å². The highest BCUT2D eigenvalue weighted by Crippen LogP contribution is 2.25. The summed E-state index contributed by atoms with van der Waals surface area (Å²) in [5, 5.41) is 9.45. The van der Waals surface area contributed by atoms with Crippen LogP contribution in [0.15, 0.2) is 36.9 Å². The molecule has 0 aliphatic carbocycles. The van der Waals surface area contributed by atoms with Gasteiger partial charge in [-0.15, -0.1) is 0 Å². The van der Waals surface area contributed by atoms with E-state index in [1.165, 1.54) is 23.4 Å². The summed E-state index contributed by atoms with van der Waals surface area (Å²) in [5.41, 5.74) is 1.25. The molecular formula is C17H18FN3O3. The number of likely N-dealkylation sites (tertiary alicyclic amines) is 1. The SMILES string of the molecule is CO[C@@H]1C[C@@H](CO)N(C(=O)c2ccc(-c3cncnc3)cc2F)C1. The number of methoxy groups -OCH3 is 1. The van der Waals surface area contributed by atoms with Crippen molar-refractivity contribution >= 4 is 5.91 Å². The van der Waals surface area contributed by atoms with Gasteiger partial charge in [-0.3, -0.25) is 4.79 Å². The fourth-order valence-corrected chi connectivity index (χ4v) is 2.94. The number of hydrogen-bond donors (Lipinski definition) is 1. The molecule has 2 heterocycles. The van der Waals surface area contributed by atoms with E-state index in [0.717, 1.165) is 0 Å². The number of aromatic nitrogens is 2. The molecule has 0 radical (unpaired) electrons. The van der Waals surface area contributed by atoms with Gasteiger partial charge in [-0.1, -0.05) is 6.07 Å². The number of aliphatic hydroxyl groups is 1. The largest absolute Gasteiger partial charge is 0.394 e. The molecule has 2 atom stereocenters. The maximum atomic E-state index is 14.5. The van der Waals surface area contributed by atoms with Crippen molar-refractivity contribution in [3.05, 3.63) is 48.3 Å². The Morgan fingerprint density at radius 2 is 2.12 bits per heavy atom. The molecule has 126 valence electrons. The summed E-state index contributed by atoms with van der Waals surface area (Å²) < 4.78 is 19.7. The molecule has 0 bridgehead atoms. The molecule has 0 saturated carbocycles. The fourth-order valence-electron chi connectivity index (χ4n) is 2.94. The number of nitrogens with zero attached hydrogens (tertiary/aromatic N) is 3. The minimum Gasteiger partial charge on any atom is -0.394 e. The number of carbonyl (C=O) groups excluding carboxylic acids is 1. The summed E-state index contributed by atoms with van der Waals surface area (Å²) >= 11 is 0.